The Kier molecular flexibility index (Phi) is 3.49. The lowest BCUT2D eigenvalue weighted by atomic mass is 10.2. The molecular weight excluding hydrogens is 216 g/mol. The van der Waals surface area contributed by atoms with E-state index in [4.69, 9.17) is 0 Å². The molecule has 5 heteroatoms. The first-order valence-electron chi connectivity index (χ1n) is 5.46. The SMILES string of the molecule is CC(=O)NCCNc1cnnc2ccccc12. The number of hydrogen-bond acceptors (Lipinski definition) is 4. The predicted molar refractivity (Wildman–Crippen MR) is 66.7 cm³/mol. The van der Waals surface area contributed by atoms with Gasteiger partial charge in [0.15, 0.2) is 0 Å². The molecule has 0 aliphatic carbocycles. The molecular formula is C12H14N4O. The van der Waals surface area contributed by atoms with Gasteiger partial charge in [-0.15, -0.1) is 0 Å². The maximum absolute atomic E-state index is 10.7. The Morgan fingerprint density at radius 1 is 1.29 bits per heavy atom. The van der Waals surface area contributed by atoms with Crippen LogP contribution < -0.4 is 10.6 Å². The summed E-state index contributed by atoms with van der Waals surface area (Å²) in [7, 11) is 0. The summed E-state index contributed by atoms with van der Waals surface area (Å²) in [4.78, 5) is 10.7. The van der Waals surface area contributed by atoms with E-state index in [0.717, 1.165) is 16.6 Å². The quantitative estimate of drug-likeness (QED) is 0.774. The van der Waals surface area contributed by atoms with Crippen molar-refractivity contribution in [2.45, 2.75) is 6.92 Å². The van der Waals surface area contributed by atoms with E-state index < -0.39 is 0 Å². The van der Waals surface area contributed by atoms with Crippen molar-refractivity contribution in [3.05, 3.63) is 30.5 Å². The molecule has 0 saturated heterocycles. The topological polar surface area (TPSA) is 66.9 Å². The molecule has 0 bridgehead atoms. The Hall–Kier alpha value is -2.17. The summed E-state index contributed by atoms with van der Waals surface area (Å²) >= 11 is 0. The second kappa shape index (κ2) is 5.25. The van der Waals surface area contributed by atoms with E-state index in [0.29, 0.717) is 13.1 Å². The van der Waals surface area contributed by atoms with Crippen molar-refractivity contribution < 1.29 is 4.79 Å². The van der Waals surface area contributed by atoms with Gasteiger partial charge in [0.2, 0.25) is 5.91 Å². The zero-order valence-corrected chi connectivity index (χ0v) is 9.60. The molecule has 88 valence electrons. The molecule has 0 radical (unpaired) electrons. The summed E-state index contributed by atoms with van der Waals surface area (Å²) in [6.07, 6.45) is 1.69. The van der Waals surface area contributed by atoms with Gasteiger partial charge in [-0.3, -0.25) is 4.79 Å². The predicted octanol–water partition coefficient (Wildman–Crippen LogP) is 1.18. The fourth-order valence-electron chi connectivity index (χ4n) is 1.58. The van der Waals surface area contributed by atoms with Gasteiger partial charge < -0.3 is 10.6 Å². The number of nitrogens with one attached hydrogen (secondary N) is 2. The highest BCUT2D eigenvalue weighted by molar-refractivity contribution is 5.90. The molecule has 0 aliphatic heterocycles. The van der Waals surface area contributed by atoms with Crippen molar-refractivity contribution in [3.63, 3.8) is 0 Å². The van der Waals surface area contributed by atoms with Gasteiger partial charge in [-0.1, -0.05) is 18.2 Å². The first-order valence-corrected chi connectivity index (χ1v) is 5.46. The fourth-order valence-corrected chi connectivity index (χ4v) is 1.58. The first-order chi connectivity index (χ1) is 8.27. The smallest absolute Gasteiger partial charge is 0.216 e. The van der Waals surface area contributed by atoms with Gasteiger partial charge in [0.05, 0.1) is 17.4 Å². The molecule has 0 spiro atoms. The van der Waals surface area contributed by atoms with E-state index in [1.165, 1.54) is 6.92 Å². The largest absolute Gasteiger partial charge is 0.381 e. The number of carbonyl (C=O) groups excluding carboxylic acids is 1. The maximum Gasteiger partial charge on any atom is 0.216 e. The molecule has 2 rings (SSSR count). The third kappa shape index (κ3) is 2.90. The van der Waals surface area contributed by atoms with Crippen molar-refractivity contribution in [1.29, 1.82) is 0 Å². The third-order valence-corrected chi connectivity index (χ3v) is 2.36. The van der Waals surface area contributed by atoms with Crippen LogP contribution in [0.4, 0.5) is 5.69 Å². The number of aromatic nitrogens is 2. The molecule has 1 amide bonds. The van der Waals surface area contributed by atoms with Crippen molar-refractivity contribution >= 4 is 22.5 Å². The van der Waals surface area contributed by atoms with Crippen LogP contribution in [-0.4, -0.2) is 29.2 Å². The Morgan fingerprint density at radius 2 is 2.12 bits per heavy atom. The van der Waals surface area contributed by atoms with Crippen LogP contribution in [0, 0.1) is 0 Å². The molecule has 1 heterocycles. The summed E-state index contributed by atoms with van der Waals surface area (Å²) in [5, 5.41) is 15.0. The van der Waals surface area contributed by atoms with Crippen LogP contribution in [0.3, 0.4) is 0 Å². The van der Waals surface area contributed by atoms with E-state index in [2.05, 4.69) is 20.8 Å². The van der Waals surface area contributed by atoms with E-state index in [9.17, 15) is 4.79 Å². The molecule has 17 heavy (non-hydrogen) atoms. The second-order valence-electron chi connectivity index (χ2n) is 3.69. The normalized spacial score (nSPS) is 10.2. The minimum atomic E-state index is -0.0236. The molecule has 2 aromatic rings. The van der Waals surface area contributed by atoms with Crippen molar-refractivity contribution in [3.8, 4) is 0 Å². The summed E-state index contributed by atoms with van der Waals surface area (Å²) in [6, 6.07) is 7.80. The van der Waals surface area contributed by atoms with Crippen molar-refractivity contribution in [2.24, 2.45) is 0 Å². The van der Waals surface area contributed by atoms with E-state index >= 15 is 0 Å². The van der Waals surface area contributed by atoms with Crippen LogP contribution in [0.2, 0.25) is 0 Å². The third-order valence-electron chi connectivity index (χ3n) is 2.36. The zero-order valence-electron chi connectivity index (χ0n) is 9.60. The first kappa shape index (κ1) is 11.3. The summed E-state index contributed by atoms with van der Waals surface area (Å²) in [6.45, 7) is 2.75. The van der Waals surface area contributed by atoms with Gasteiger partial charge in [0.25, 0.3) is 0 Å². The molecule has 2 N–H and O–H groups in total. The van der Waals surface area contributed by atoms with E-state index in [-0.39, 0.29) is 5.91 Å². The lowest BCUT2D eigenvalue weighted by Crippen LogP contribution is -2.26. The number of carbonyl (C=O) groups is 1. The molecule has 0 saturated carbocycles. The lowest BCUT2D eigenvalue weighted by Gasteiger charge is -2.08. The average molecular weight is 230 g/mol. The van der Waals surface area contributed by atoms with Gasteiger partial charge in [0.1, 0.15) is 0 Å². The standard InChI is InChI=1S/C12H14N4O/c1-9(17)13-6-7-14-12-8-15-16-11-5-3-2-4-10(11)12/h2-5,8H,6-7H2,1H3,(H,13,17)(H,14,16). The minimum absolute atomic E-state index is 0.0236. The molecule has 0 fully saturated rings. The summed E-state index contributed by atoms with van der Waals surface area (Å²) in [5.41, 5.74) is 1.79. The zero-order chi connectivity index (χ0) is 12.1. The van der Waals surface area contributed by atoms with Crippen LogP contribution in [0.5, 0.6) is 0 Å². The Morgan fingerprint density at radius 3 is 2.94 bits per heavy atom. The number of rotatable bonds is 4. The molecule has 0 atom stereocenters. The summed E-state index contributed by atoms with van der Waals surface area (Å²) in [5.74, 6) is -0.0236. The minimum Gasteiger partial charge on any atom is -0.381 e. The lowest BCUT2D eigenvalue weighted by molar-refractivity contribution is -0.118. The van der Waals surface area contributed by atoms with Crippen molar-refractivity contribution in [1.82, 2.24) is 15.5 Å². The second-order valence-corrected chi connectivity index (χ2v) is 3.69. The number of anilines is 1. The molecule has 0 aliphatic rings. The van der Waals surface area contributed by atoms with E-state index in [1.807, 2.05) is 24.3 Å². The molecule has 5 nitrogen and oxygen atoms in total. The molecule has 1 aromatic heterocycles. The highest BCUT2D eigenvalue weighted by Crippen LogP contribution is 2.18. The van der Waals surface area contributed by atoms with Crippen LogP contribution in [-0.2, 0) is 4.79 Å². The van der Waals surface area contributed by atoms with Crippen LogP contribution in [0.1, 0.15) is 6.92 Å². The van der Waals surface area contributed by atoms with Gasteiger partial charge >= 0.3 is 0 Å². The van der Waals surface area contributed by atoms with Gasteiger partial charge in [-0.25, -0.2) is 0 Å². The van der Waals surface area contributed by atoms with Crippen molar-refractivity contribution in [2.75, 3.05) is 18.4 Å². The molecule has 1 aromatic carbocycles. The van der Waals surface area contributed by atoms with Gasteiger partial charge in [-0.05, 0) is 6.07 Å². The van der Waals surface area contributed by atoms with Gasteiger partial charge in [-0.2, -0.15) is 10.2 Å². The average Bonchev–Trinajstić information content (AvgIpc) is 2.34. The van der Waals surface area contributed by atoms with Gasteiger partial charge in [0, 0.05) is 25.4 Å². The Balaban J connectivity index is 2.05. The number of fused-ring (bicyclic) bond motifs is 1. The highest BCUT2D eigenvalue weighted by Gasteiger charge is 2.00. The number of nitrogens with zero attached hydrogens (tertiary/aromatic N) is 2. The molecule has 0 unspecified atom stereocenters. The van der Waals surface area contributed by atoms with Crippen LogP contribution in [0.25, 0.3) is 10.9 Å². The maximum atomic E-state index is 10.7. The monoisotopic (exact) mass is 230 g/mol. The number of amides is 1. The van der Waals surface area contributed by atoms with E-state index in [1.54, 1.807) is 6.20 Å². The Labute approximate surface area is 99.2 Å². The number of benzene rings is 1. The van der Waals surface area contributed by atoms with Crippen LogP contribution >= 0.6 is 0 Å². The Bertz CT molecular complexity index is 521. The number of hydrogen-bond donors (Lipinski definition) is 2. The summed E-state index contributed by atoms with van der Waals surface area (Å²) < 4.78 is 0. The fraction of sp³-hybridized carbons (Fsp3) is 0.250. The highest BCUT2D eigenvalue weighted by atomic mass is 16.1. The van der Waals surface area contributed by atoms with Crippen LogP contribution in [0.15, 0.2) is 30.5 Å².